The van der Waals surface area contributed by atoms with Crippen LogP contribution in [0.2, 0.25) is 0 Å². The second kappa shape index (κ2) is 9.28. The molecule has 1 fully saturated rings. The lowest BCUT2D eigenvalue weighted by Gasteiger charge is -2.27. The van der Waals surface area contributed by atoms with Crippen molar-refractivity contribution >= 4 is 22.8 Å². The Bertz CT molecular complexity index is 1210. The van der Waals surface area contributed by atoms with Crippen molar-refractivity contribution in [1.29, 1.82) is 0 Å². The fraction of sp³-hybridized carbons (Fsp3) is 0.222. The Labute approximate surface area is 192 Å². The van der Waals surface area contributed by atoms with Crippen molar-refractivity contribution in [2.24, 2.45) is 0 Å². The third-order valence-corrected chi connectivity index (χ3v) is 6.27. The number of carbonyl (C=O) groups excluding carboxylic acids is 2. The number of hydrogen-bond acceptors (Lipinski definition) is 3. The minimum absolute atomic E-state index is 0.0107. The predicted molar refractivity (Wildman–Crippen MR) is 128 cm³/mol. The first-order valence-electron chi connectivity index (χ1n) is 11.3. The van der Waals surface area contributed by atoms with Gasteiger partial charge in [-0.05, 0) is 35.7 Å². The van der Waals surface area contributed by atoms with Gasteiger partial charge in [-0.15, -0.1) is 0 Å². The van der Waals surface area contributed by atoms with E-state index < -0.39 is 0 Å². The largest absolute Gasteiger partial charge is 0.345 e. The molecule has 1 N–H and O–H groups in total. The molecule has 4 aromatic rings. The summed E-state index contributed by atoms with van der Waals surface area (Å²) in [5, 5.41) is 0. The van der Waals surface area contributed by atoms with Crippen molar-refractivity contribution in [3.05, 3.63) is 102 Å². The molecule has 0 aliphatic carbocycles. The summed E-state index contributed by atoms with van der Waals surface area (Å²) in [5.41, 5.74) is 4.29. The quantitative estimate of drug-likeness (QED) is 0.522. The Hall–Kier alpha value is -3.93. The summed E-state index contributed by atoms with van der Waals surface area (Å²) < 4.78 is 0. The van der Waals surface area contributed by atoms with E-state index in [0.717, 1.165) is 28.6 Å². The Morgan fingerprint density at radius 3 is 2.12 bits per heavy atom. The van der Waals surface area contributed by atoms with Crippen LogP contribution in [0.1, 0.15) is 33.8 Å². The van der Waals surface area contributed by atoms with E-state index in [1.165, 1.54) is 0 Å². The molecule has 6 nitrogen and oxygen atoms in total. The Kier molecular flexibility index (Phi) is 5.89. The minimum Gasteiger partial charge on any atom is -0.345 e. The maximum Gasteiger partial charge on any atom is 0.253 e. The smallest absolute Gasteiger partial charge is 0.253 e. The number of fused-ring (bicyclic) bond motifs is 1. The first kappa shape index (κ1) is 20.9. The van der Waals surface area contributed by atoms with Gasteiger partial charge in [-0.25, -0.2) is 4.98 Å². The molecule has 1 aliphatic heterocycles. The number of aromatic nitrogens is 2. The van der Waals surface area contributed by atoms with Crippen molar-refractivity contribution < 1.29 is 9.59 Å². The van der Waals surface area contributed by atoms with Crippen molar-refractivity contribution in [1.82, 2.24) is 19.8 Å². The summed E-state index contributed by atoms with van der Waals surface area (Å²) in [5.74, 6) is -0.276. The summed E-state index contributed by atoms with van der Waals surface area (Å²) in [6.45, 7) is 2.30. The van der Waals surface area contributed by atoms with E-state index in [-0.39, 0.29) is 17.7 Å². The SMILES string of the molecule is O=C(c1ccc2nc[nH]c2c1)N1CCCN(C(=O)C(c2ccccc2)c2ccccc2)CC1. The first-order chi connectivity index (χ1) is 16.2. The standard InChI is InChI=1S/C27H26N4O2/c32-26(22-12-13-23-24(18-22)29-19-28-23)30-14-7-15-31(17-16-30)27(33)25(20-8-3-1-4-9-20)21-10-5-2-6-11-21/h1-6,8-13,18-19,25H,7,14-17H2,(H,28,29). The molecule has 2 amide bonds. The van der Waals surface area contributed by atoms with Gasteiger partial charge in [-0.2, -0.15) is 0 Å². The summed E-state index contributed by atoms with van der Waals surface area (Å²) in [6.07, 6.45) is 2.38. The van der Waals surface area contributed by atoms with Crippen LogP contribution >= 0.6 is 0 Å². The van der Waals surface area contributed by atoms with Crippen LogP contribution in [0.5, 0.6) is 0 Å². The summed E-state index contributed by atoms with van der Waals surface area (Å²) in [7, 11) is 0. The fourth-order valence-electron chi connectivity index (χ4n) is 4.54. The molecule has 166 valence electrons. The van der Waals surface area contributed by atoms with Gasteiger partial charge in [0, 0.05) is 31.7 Å². The molecule has 3 aromatic carbocycles. The van der Waals surface area contributed by atoms with Gasteiger partial charge in [0.1, 0.15) is 0 Å². The van der Waals surface area contributed by atoms with E-state index in [9.17, 15) is 9.59 Å². The number of benzene rings is 3. The highest BCUT2D eigenvalue weighted by molar-refractivity contribution is 5.97. The molecule has 1 aliphatic rings. The topological polar surface area (TPSA) is 69.3 Å². The van der Waals surface area contributed by atoms with Crippen LogP contribution in [0.3, 0.4) is 0 Å². The Morgan fingerprint density at radius 2 is 1.42 bits per heavy atom. The molecule has 1 saturated heterocycles. The molecule has 5 rings (SSSR count). The fourth-order valence-corrected chi connectivity index (χ4v) is 4.54. The Balaban J connectivity index is 1.34. The number of amides is 2. The molecule has 1 aromatic heterocycles. The van der Waals surface area contributed by atoms with Crippen molar-refractivity contribution in [2.45, 2.75) is 12.3 Å². The third kappa shape index (κ3) is 4.37. The zero-order valence-electron chi connectivity index (χ0n) is 18.4. The average molecular weight is 439 g/mol. The second-order valence-corrected chi connectivity index (χ2v) is 8.36. The van der Waals surface area contributed by atoms with Gasteiger partial charge in [0.2, 0.25) is 5.91 Å². The van der Waals surface area contributed by atoms with Crippen LogP contribution in [0.25, 0.3) is 11.0 Å². The lowest BCUT2D eigenvalue weighted by atomic mass is 9.90. The molecule has 0 bridgehead atoms. The lowest BCUT2D eigenvalue weighted by Crippen LogP contribution is -2.39. The number of hydrogen-bond donors (Lipinski definition) is 1. The van der Waals surface area contributed by atoms with E-state index in [2.05, 4.69) is 9.97 Å². The molecule has 0 unspecified atom stereocenters. The first-order valence-corrected chi connectivity index (χ1v) is 11.3. The molecule has 0 spiro atoms. The van der Waals surface area contributed by atoms with Crippen LogP contribution < -0.4 is 0 Å². The van der Waals surface area contributed by atoms with Gasteiger partial charge >= 0.3 is 0 Å². The highest BCUT2D eigenvalue weighted by Crippen LogP contribution is 2.27. The second-order valence-electron chi connectivity index (χ2n) is 8.36. The maximum absolute atomic E-state index is 13.7. The van der Waals surface area contributed by atoms with Gasteiger partial charge in [0.15, 0.2) is 0 Å². The summed E-state index contributed by atoms with van der Waals surface area (Å²) in [4.78, 5) is 37.9. The van der Waals surface area contributed by atoms with Crippen molar-refractivity contribution in [2.75, 3.05) is 26.2 Å². The van der Waals surface area contributed by atoms with E-state index in [1.54, 1.807) is 6.33 Å². The molecule has 33 heavy (non-hydrogen) atoms. The van der Waals surface area contributed by atoms with Crippen LogP contribution in [-0.4, -0.2) is 57.8 Å². The highest BCUT2D eigenvalue weighted by atomic mass is 16.2. The zero-order chi connectivity index (χ0) is 22.6. The van der Waals surface area contributed by atoms with E-state index in [0.29, 0.717) is 31.7 Å². The third-order valence-electron chi connectivity index (χ3n) is 6.27. The average Bonchev–Trinajstić information content (AvgIpc) is 3.20. The molecule has 0 saturated carbocycles. The maximum atomic E-state index is 13.7. The number of rotatable bonds is 4. The van der Waals surface area contributed by atoms with Crippen LogP contribution in [0.4, 0.5) is 0 Å². The van der Waals surface area contributed by atoms with Gasteiger partial charge in [0.05, 0.1) is 23.3 Å². The van der Waals surface area contributed by atoms with Crippen LogP contribution in [0, 0.1) is 0 Å². The van der Waals surface area contributed by atoms with Crippen LogP contribution in [-0.2, 0) is 4.79 Å². The van der Waals surface area contributed by atoms with E-state index >= 15 is 0 Å². The Morgan fingerprint density at radius 1 is 0.788 bits per heavy atom. The lowest BCUT2D eigenvalue weighted by molar-refractivity contribution is -0.131. The van der Waals surface area contributed by atoms with Gasteiger partial charge in [-0.3, -0.25) is 9.59 Å². The number of imidazole rings is 1. The highest BCUT2D eigenvalue weighted by Gasteiger charge is 2.29. The minimum atomic E-state index is -0.350. The monoisotopic (exact) mass is 438 g/mol. The summed E-state index contributed by atoms with van der Waals surface area (Å²) >= 11 is 0. The van der Waals surface area contributed by atoms with Crippen LogP contribution in [0.15, 0.2) is 85.2 Å². The van der Waals surface area contributed by atoms with Crippen molar-refractivity contribution in [3.63, 3.8) is 0 Å². The molecule has 0 radical (unpaired) electrons. The van der Waals surface area contributed by atoms with Gasteiger partial charge in [-0.1, -0.05) is 60.7 Å². The number of H-pyrrole nitrogens is 1. The summed E-state index contributed by atoms with van der Waals surface area (Å²) in [6, 6.07) is 25.4. The van der Waals surface area contributed by atoms with E-state index in [1.807, 2.05) is 88.7 Å². The molecule has 6 heteroatoms. The number of aromatic amines is 1. The van der Waals surface area contributed by atoms with Crippen molar-refractivity contribution in [3.8, 4) is 0 Å². The molecule has 0 atom stereocenters. The normalized spacial score (nSPS) is 14.5. The van der Waals surface area contributed by atoms with Gasteiger partial charge in [0.25, 0.3) is 5.91 Å². The zero-order valence-corrected chi connectivity index (χ0v) is 18.4. The van der Waals surface area contributed by atoms with E-state index in [4.69, 9.17) is 0 Å². The molecular formula is C27H26N4O2. The predicted octanol–water partition coefficient (Wildman–Crippen LogP) is 4.07. The van der Waals surface area contributed by atoms with Gasteiger partial charge < -0.3 is 14.8 Å². The molecule has 2 heterocycles. The number of nitrogens with one attached hydrogen (secondary N) is 1. The molecular weight excluding hydrogens is 412 g/mol. The number of nitrogens with zero attached hydrogens (tertiary/aromatic N) is 3. The number of carbonyl (C=O) groups is 2.